The number of phenols is 1. The number of anilines is 4. The van der Waals surface area contributed by atoms with Gasteiger partial charge >= 0.3 is 0 Å². The first-order valence-electron chi connectivity index (χ1n) is 17.6. The first kappa shape index (κ1) is 38.0. The number of rotatable bonds is 10. The van der Waals surface area contributed by atoms with E-state index in [-0.39, 0.29) is 28.0 Å². The standard InChI is InChI=1S/C21H21ClFN3O3.C18H15ClFN3O3/c1-2-28-19-11-18-15(10-20(19)29-14-5-7-27-8-6-14)21(25-12-24-18)26-13-3-4-17(23)16(22)9-13;19-13-5-10(1-2-14(13)20)23-18-12-6-17(26-11-3-4-25-8-11)16(24)7-15(12)21-9-22-18/h3-4,9-12,14H,2,5-8H2,1H3,(H,24,25,26);1-2,5-7,9,11,24H,3-4,8H2,(H,21,22,23)/t;11-/m.0/s1. The average molecular weight is 794 g/mol. The molecule has 0 amide bonds. The van der Waals surface area contributed by atoms with Crippen molar-refractivity contribution in [3.8, 4) is 23.0 Å². The third kappa shape index (κ3) is 9.34. The Morgan fingerprint density at radius 2 is 1.24 bits per heavy atom. The Labute approximate surface area is 324 Å². The van der Waals surface area contributed by atoms with E-state index in [0.29, 0.717) is 89.7 Å². The monoisotopic (exact) mass is 792 g/mol. The largest absolute Gasteiger partial charge is 0.504 e. The van der Waals surface area contributed by atoms with E-state index < -0.39 is 11.6 Å². The van der Waals surface area contributed by atoms with Gasteiger partial charge in [-0.05, 0) is 55.5 Å². The highest BCUT2D eigenvalue weighted by molar-refractivity contribution is 6.31. The second-order valence-corrected chi connectivity index (χ2v) is 13.4. The van der Waals surface area contributed by atoms with E-state index in [4.69, 9.17) is 46.9 Å². The molecule has 0 spiro atoms. The van der Waals surface area contributed by atoms with Gasteiger partial charge in [0.25, 0.3) is 0 Å². The molecule has 0 aliphatic carbocycles. The van der Waals surface area contributed by atoms with Crippen molar-refractivity contribution in [1.29, 1.82) is 0 Å². The van der Waals surface area contributed by atoms with E-state index in [1.54, 1.807) is 18.2 Å². The zero-order valence-corrected chi connectivity index (χ0v) is 31.0. The van der Waals surface area contributed by atoms with Gasteiger partial charge in [-0.25, -0.2) is 28.7 Å². The zero-order chi connectivity index (χ0) is 38.3. The van der Waals surface area contributed by atoms with Gasteiger partial charge in [-0.2, -0.15) is 0 Å². The summed E-state index contributed by atoms with van der Waals surface area (Å²) in [5.74, 6) is 1.70. The summed E-state index contributed by atoms with van der Waals surface area (Å²) >= 11 is 11.7. The van der Waals surface area contributed by atoms with Crippen LogP contribution in [0.15, 0.2) is 73.3 Å². The first-order valence-corrected chi connectivity index (χ1v) is 18.3. The molecule has 8 rings (SSSR count). The molecule has 0 bridgehead atoms. The lowest BCUT2D eigenvalue weighted by Gasteiger charge is -2.24. The highest BCUT2D eigenvalue weighted by atomic mass is 35.5. The number of hydrogen-bond acceptors (Lipinski definition) is 12. The van der Waals surface area contributed by atoms with Gasteiger partial charge < -0.3 is 39.4 Å². The zero-order valence-electron chi connectivity index (χ0n) is 29.5. The van der Waals surface area contributed by atoms with E-state index in [2.05, 4.69) is 30.6 Å². The maximum atomic E-state index is 13.5. The number of hydrogen-bond donors (Lipinski definition) is 3. The van der Waals surface area contributed by atoms with Crippen LogP contribution in [-0.4, -0.2) is 70.3 Å². The third-order valence-corrected chi connectivity index (χ3v) is 9.30. The van der Waals surface area contributed by atoms with Crippen LogP contribution < -0.4 is 24.8 Å². The average Bonchev–Trinajstić information content (AvgIpc) is 3.70. The summed E-state index contributed by atoms with van der Waals surface area (Å²) in [6.45, 7) is 4.93. The molecule has 6 aromatic rings. The summed E-state index contributed by atoms with van der Waals surface area (Å²) < 4.78 is 55.3. The second kappa shape index (κ2) is 17.5. The van der Waals surface area contributed by atoms with Crippen LogP contribution in [0.4, 0.5) is 31.8 Å². The Bertz CT molecular complexity index is 2300. The van der Waals surface area contributed by atoms with Gasteiger partial charge in [-0.1, -0.05) is 23.2 Å². The van der Waals surface area contributed by atoms with Crippen molar-refractivity contribution in [2.24, 2.45) is 0 Å². The lowest BCUT2D eigenvalue weighted by Crippen LogP contribution is -2.26. The predicted octanol–water partition coefficient (Wildman–Crippen LogP) is 9.16. The van der Waals surface area contributed by atoms with Crippen LogP contribution in [0.3, 0.4) is 0 Å². The molecular weight excluding hydrogens is 757 g/mol. The topological polar surface area (TPSA) is 142 Å². The van der Waals surface area contributed by atoms with E-state index in [1.165, 1.54) is 43.0 Å². The summed E-state index contributed by atoms with van der Waals surface area (Å²) in [4.78, 5) is 17.1. The number of fused-ring (bicyclic) bond motifs is 2. The Morgan fingerprint density at radius 1 is 0.691 bits per heavy atom. The van der Waals surface area contributed by atoms with Crippen LogP contribution in [0.1, 0.15) is 26.2 Å². The fourth-order valence-electron chi connectivity index (χ4n) is 5.97. The number of aromatic hydroxyl groups is 1. The normalized spacial score (nSPS) is 15.7. The van der Waals surface area contributed by atoms with E-state index in [0.717, 1.165) is 24.6 Å². The minimum Gasteiger partial charge on any atom is -0.504 e. The molecule has 2 aromatic heterocycles. The van der Waals surface area contributed by atoms with Crippen LogP contribution in [0.2, 0.25) is 10.0 Å². The predicted molar refractivity (Wildman–Crippen MR) is 206 cm³/mol. The van der Waals surface area contributed by atoms with Gasteiger partial charge in [-0.3, -0.25) is 0 Å². The van der Waals surface area contributed by atoms with Crippen molar-refractivity contribution in [3.05, 3.63) is 95.0 Å². The molecule has 55 heavy (non-hydrogen) atoms. The molecule has 2 aliphatic rings. The van der Waals surface area contributed by atoms with Gasteiger partial charge in [0.1, 0.15) is 48.1 Å². The van der Waals surface area contributed by atoms with Gasteiger partial charge in [-0.15, -0.1) is 0 Å². The maximum absolute atomic E-state index is 13.5. The molecular formula is C39H36Cl2F2N6O6. The Hall–Kier alpha value is -5.28. The third-order valence-electron chi connectivity index (χ3n) is 8.72. The lowest BCUT2D eigenvalue weighted by molar-refractivity contribution is 0.0244. The van der Waals surface area contributed by atoms with Crippen molar-refractivity contribution >= 4 is 68.0 Å². The number of benzene rings is 4. The summed E-state index contributed by atoms with van der Waals surface area (Å²) in [5, 5.41) is 17.9. The molecule has 3 N–H and O–H groups in total. The molecule has 286 valence electrons. The van der Waals surface area contributed by atoms with Crippen LogP contribution in [-0.2, 0) is 9.47 Å². The summed E-state index contributed by atoms with van der Waals surface area (Å²) in [6.07, 6.45) is 5.22. The number of aromatic nitrogens is 4. The molecule has 16 heteroatoms. The number of ether oxygens (including phenoxy) is 5. The molecule has 4 heterocycles. The minimum atomic E-state index is -0.496. The van der Waals surface area contributed by atoms with Crippen molar-refractivity contribution in [1.82, 2.24) is 19.9 Å². The Morgan fingerprint density at radius 3 is 1.80 bits per heavy atom. The van der Waals surface area contributed by atoms with Crippen LogP contribution in [0, 0.1) is 11.6 Å². The summed E-state index contributed by atoms with van der Waals surface area (Å²) in [7, 11) is 0. The van der Waals surface area contributed by atoms with Crippen LogP contribution in [0.5, 0.6) is 23.0 Å². The SMILES string of the molecule is CCOc1cc2ncnc(Nc3ccc(F)c(Cl)c3)c2cc1OC1CCOCC1.Oc1cc2ncnc(Nc3ccc(F)c(Cl)c3)c2cc1O[C@H]1CCOC1. The van der Waals surface area contributed by atoms with E-state index >= 15 is 0 Å². The highest BCUT2D eigenvalue weighted by Crippen LogP contribution is 2.38. The van der Waals surface area contributed by atoms with Crippen molar-refractivity contribution in [3.63, 3.8) is 0 Å². The Balaban J connectivity index is 0.000000170. The number of nitrogens with one attached hydrogen (secondary N) is 2. The molecule has 1 atom stereocenters. The van der Waals surface area contributed by atoms with Crippen molar-refractivity contribution < 1.29 is 37.6 Å². The first-order chi connectivity index (χ1) is 26.7. The number of nitrogens with zero attached hydrogens (tertiary/aromatic N) is 4. The van der Waals surface area contributed by atoms with Gasteiger partial charge in [0, 0.05) is 53.5 Å². The van der Waals surface area contributed by atoms with Crippen LogP contribution in [0.25, 0.3) is 21.8 Å². The molecule has 0 unspecified atom stereocenters. The lowest BCUT2D eigenvalue weighted by atomic mass is 10.1. The van der Waals surface area contributed by atoms with E-state index in [9.17, 15) is 13.9 Å². The molecule has 2 aliphatic heterocycles. The van der Waals surface area contributed by atoms with Crippen molar-refractivity contribution in [2.45, 2.75) is 38.4 Å². The number of halogens is 4. The van der Waals surface area contributed by atoms with Gasteiger partial charge in [0.15, 0.2) is 23.0 Å². The van der Waals surface area contributed by atoms with E-state index in [1.807, 2.05) is 19.1 Å². The minimum absolute atomic E-state index is 0.00104. The quantitative estimate of drug-likeness (QED) is 0.122. The highest BCUT2D eigenvalue weighted by Gasteiger charge is 2.21. The smallest absolute Gasteiger partial charge is 0.163 e. The molecule has 0 saturated carbocycles. The van der Waals surface area contributed by atoms with Gasteiger partial charge in [0.05, 0.1) is 54.1 Å². The Kier molecular flexibility index (Phi) is 12.1. The van der Waals surface area contributed by atoms with Gasteiger partial charge in [0.2, 0.25) is 0 Å². The number of phenolic OH excluding ortho intramolecular Hbond substituents is 1. The van der Waals surface area contributed by atoms with Crippen LogP contribution >= 0.6 is 23.2 Å². The molecule has 12 nitrogen and oxygen atoms in total. The fourth-order valence-corrected chi connectivity index (χ4v) is 6.33. The molecule has 2 fully saturated rings. The van der Waals surface area contributed by atoms with Crippen molar-refractivity contribution in [2.75, 3.05) is 43.7 Å². The second-order valence-electron chi connectivity index (χ2n) is 12.6. The summed E-state index contributed by atoms with van der Waals surface area (Å²) in [6, 6.07) is 15.6. The maximum Gasteiger partial charge on any atom is 0.163 e. The molecule has 2 saturated heterocycles. The molecule has 4 aromatic carbocycles. The molecule has 0 radical (unpaired) electrons. The summed E-state index contributed by atoms with van der Waals surface area (Å²) in [5.41, 5.74) is 2.45. The fraction of sp³-hybridized carbons (Fsp3) is 0.282.